The molecule has 0 aliphatic carbocycles. The number of carboxylic acid groups (broad SMARTS) is 1. The number of carboxylic acids is 1. The maximum absolute atomic E-state index is 11.2. The molecule has 0 atom stereocenters. The summed E-state index contributed by atoms with van der Waals surface area (Å²) in [6.07, 6.45) is 3.89. The van der Waals surface area contributed by atoms with Gasteiger partial charge >= 0.3 is 5.97 Å². The molecule has 0 aromatic carbocycles. The van der Waals surface area contributed by atoms with Gasteiger partial charge in [0.1, 0.15) is 0 Å². The second-order valence-corrected chi connectivity index (χ2v) is 6.08. The van der Waals surface area contributed by atoms with Crippen LogP contribution in [0.15, 0.2) is 6.20 Å². The van der Waals surface area contributed by atoms with E-state index >= 15 is 0 Å². The fraction of sp³-hybridized carbons (Fsp3) is 0.667. The first kappa shape index (κ1) is 16.0. The van der Waals surface area contributed by atoms with Gasteiger partial charge in [-0.25, -0.2) is 4.79 Å². The number of rotatable bonds is 6. The molecule has 6 nitrogen and oxygen atoms in total. The highest BCUT2D eigenvalue weighted by atomic mass is 16.4. The van der Waals surface area contributed by atoms with Gasteiger partial charge < -0.3 is 25.4 Å². The van der Waals surface area contributed by atoms with E-state index in [2.05, 4.69) is 22.2 Å². The quantitative estimate of drug-likeness (QED) is 0.578. The molecule has 1 fully saturated rings. The molecule has 0 unspecified atom stereocenters. The summed E-state index contributed by atoms with van der Waals surface area (Å²) < 4.78 is 0. The van der Waals surface area contributed by atoms with Gasteiger partial charge in [-0.15, -0.1) is 0 Å². The lowest BCUT2D eigenvalue weighted by Gasteiger charge is -2.36. The third kappa shape index (κ3) is 4.06. The van der Waals surface area contributed by atoms with E-state index in [-0.39, 0.29) is 0 Å². The van der Waals surface area contributed by atoms with Gasteiger partial charge in [0.05, 0.1) is 11.2 Å². The molecule has 1 saturated heterocycles. The fourth-order valence-corrected chi connectivity index (χ4v) is 2.82. The van der Waals surface area contributed by atoms with Crippen LogP contribution in [0.4, 0.5) is 0 Å². The largest absolute Gasteiger partial charge is 0.478 e. The van der Waals surface area contributed by atoms with Crippen molar-refractivity contribution in [1.82, 2.24) is 15.2 Å². The molecule has 1 aliphatic heterocycles. The first-order valence-electron chi connectivity index (χ1n) is 7.43. The lowest BCUT2D eigenvalue weighted by Crippen LogP contribution is -2.49. The summed E-state index contributed by atoms with van der Waals surface area (Å²) in [5.74, 6) is -0.891. The van der Waals surface area contributed by atoms with Gasteiger partial charge in [0, 0.05) is 44.5 Å². The molecule has 0 bridgehead atoms. The second-order valence-electron chi connectivity index (χ2n) is 6.08. The zero-order chi connectivity index (χ0) is 15.5. The minimum atomic E-state index is -0.891. The van der Waals surface area contributed by atoms with Crippen LogP contribution < -0.4 is 5.32 Å². The van der Waals surface area contributed by atoms with Crippen molar-refractivity contribution >= 4 is 5.97 Å². The smallest absolute Gasteiger partial charge is 0.337 e. The summed E-state index contributed by atoms with van der Waals surface area (Å²) in [6, 6.07) is 0. The number of aromatic carboxylic acids is 1. The van der Waals surface area contributed by atoms with Gasteiger partial charge in [0.25, 0.3) is 0 Å². The zero-order valence-electron chi connectivity index (χ0n) is 12.8. The van der Waals surface area contributed by atoms with Gasteiger partial charge in [0.2, 0.25) is 0 Å². The first-order chi connectivity index (χ1) is 9.91. The molecule has 2 rings (SSSR count). The molecule has 1 aromatic rings. The van der Waals surface area contributed by atoms with Crippen molar-refractivity contribution in [3.8, 4) is 0 Å². The molecular weight excluding hydrogens is 270 g/mol. The van der Waals surface area contributed by atoms with E-state index in [1.807, 2.05) is 0 Å². The number of hydrogen-bond acceptors (Lipinski definition) is 4. The molecule has 118 valence electrons. The zero-order valence-corrected chi connectivity index (χ0v) is 12.8. The summed E-state index contributed by atoms with van der Waals surface area (Å²) >= 11 is 0. The van der Waals surface area contributed by atoms with Gasteiger partial charge in [-0.1, -0.05) is 0 Å². The maximum Gasteiger partial charge on any atom is 0.337 e. The Morgan fingerprint density at radius 3 is 2.76 bits per heavy atom. The number of aromatic nitrogens is 1. The second kappa shape index (κ2) is 6.60. The number of aromatic amines is 1. The van der Waals surface area contributed by atoms with Crippen LogP contribution in [0, 0.1) is 6.92 Å². The van der Waals surface area contributed by atoms with Crippen LogP contribution in [-0.2, 0) is 6.42 Å². The molecule has 1 aromatic heterocycles. The van der Waals surface area contributed by atoms with E-state index in [1.54, 1.807) is 13.1 Å². The number of aryl methyl sites for hydroxylation is 1. The van der Waals surface area contributed by atoms with Crippen LogP contribution >= 0.6 is 0 Å². The Morgan fingerprint density at radius 2 is 2.14 bits per heavy atom. The number of hydrogen-bond donors (Lipinski definition) is 4. The van der Waals surface area contributed by atoms with E-state index in [9.17, 15) is 15.0 Å². The van der Waals surface area contributed by atoms with Crippen molar-refractivity contribution in [2.45, 2.75) is 31.8 Å². The van der Waals surface area contributed by atoms with Crippen molar-refractivity contribution in [2.75, 3.05) is 33.2 Å². The van der Waals surface area contributed by atoms with Gasteiger partial charge in [-0.2, -0.15) is 0 Å². The average molecular weight is 295 g/mol. The monoisotopic (exact) mass is 295 g/mol. The van der Waals surface area contributed by atoms with Crippen molar-refractivity contribution < 1.29 is 15.0 Å². The van der Waals surface area contributed by atoms with E-state index in [4.69, 9.17) is 0 Å². The Hall–Kier alpha value is -1.37. The Morgan fingerprint density at radius 1 is 1.48 bits per heavy atom. The number of likely N-dealkylation sites (tertiary alicyclic amines) is 1. The summed E-state index contributed by atoms with van der Waals surface area (Å²) in [5.41, 5.74) is 1.23. The summed E-state index contributed by atoms with van der Waals surface area (Å²) in [4.78, 5) is 16.4. The average Bonchev–Trinajstić information content (AvgIpc) is 2.80. The molecule has 1 aliphatic rings. The van der Waals surface area contributed by atoms with Crippen LogP contribution in [0.25, 0.3) is 0 Å². The Labute approximate surface area is 125 Å². The Bertz CT molecular complexity index is 490. The molecular formula is C15H25N3O3. The molecule has 21 heavy (non-hydrogen) atoms. The number of nitrogens with zero attached hydrogens (tertiary/aromatic N) is 1. The van der Waals surface area contributed by atoms with Crippen molar-refractivity contribution in [2.24, 2.45) is 0 Å². The first-order valence-corrected chi connectivity index (χ1v) is 7.43. The number of aliphatic hydroxyl groups is 1. The van der Waals surface area contributed by atoms with E-state index in [0.29, 0.717) is 25.1 Å². The SMILES string of the molecule is Cc1c[nH]c(CCNCC2(O)CCN(C)CC2)c1C(=O)O. The van der Waals surface area contributed by atoms with Crippen LogP contribution in [0.1, 0.15) is 34.5 Å². The minimum Gasteiger partial charge on any atom is -0.478 e. The fourth-order valence-electron chi connectivity index (χ4n) is 2.82. The molecule has 0 amide bonds. The molecule has 0 saturated carbocycles. The maximum atomic E-state index is 11.2. The summed E-state index contributed by atoms with van der Waals surface area (Å²) in [5, 5.41) is 22.9. The lowest BCUT2D eigenvalue weighted by atomic mass is 9.91. The third-order valence-electron chi connectivity index (χ3n) is 4.30. The molecule has 6 heteroatoms. The van der Waals surface area contributed by atoms with Gasteiger partial charge in [-0.05, 0) is 32.4 Å². The van der Waals surface area contributed by atoms with Crippen LogP contribution in [0.5, 0.6) is 0 Å². The molecule has 0 radical (unpaired) electrons. The standard InChI is InChI=1S/C15H25N3O3/c1-11-9-17-12(13(11)14(19)20)3-6-16-10-15(21)4-7-18(2)8-5-15/h9,16-17,21H,3-8,10H2,1-2H3,(H,19,20). The topological polar surface area (TPSA) is 88.6 Å². The van der Waals surface area contributed by atoms with Gasteiger partial charge in [0.15, 0.2) is 0 Å². The molecule has 0 spiro atoms. The highest BCUT2D eigenvalue weighted by Gasteiger charge is 2.30. The highest BCUT2D eigenvalue weighted by molar-refractivity contribution is 5.90. The predicted molar refractivity (Wildman–Crippen MR) is 80.7 cm³/mol. The van der Waals surface area contributed by atoms with Gasteiger partial charge in [-0.3, -0.25) is 0 Å². The van der Waals surface area contributed by atoms with E-state index in [1.165, 1.54) is 0 Å². The lowest BCUT2D eigenvalue weighted by molar-refractivity contribution is -0.0141. The third-order valence-corrected chi connectivity index (χ3v) is 4.30. The predicted octanol–water partition coefficient (Wildman–Crippen LogP) is 0.610. The summed E-state index contributed by atoms with van der Waals surface area (Å²) in [7, 11) is 2.06. The van der Waals surface area contributed by atoms with Crippen molar-refractivity contribution in [3.63, 3.8) is 0 Å². The van der Waals surface area contributed by atoms with E-state index in [0.717, 1.165) is 37.2 Å². The normalized spacial score (nSPS) is 18.8. The number of carbonyl (C=O) groups is 1. The number of piperidine rings is 1. The summed E-state index contributed by atoms with van der Waals surface area (Å²) in [6.45, 7) is 4.83. The number of nitrogens with one attached hydrogen (secondary N) is 2. The van der Waals surface area contributed by atoms with Crippen LogP contribution in [0.3, 0.4) is 0 Å². The van der Waals surface area contributed by atoms with Crippen LogP contribution in [-0.4, -0.2) is 64.9 Å². The molecule has 4 N–H and O–H groups in total. The highest BCUT2D eigenvalue weighted by Crippen LogP contribution is 2.20. The Kier molecular flexibility index (Phi) is 5.03. The molecule has 2 heterocycles. The minimum absolute atomic E-state index is 0.370. The Balaban J connectivity index is 1.79. The van der Waals surface area contributed by atoms with Crippen molar-refractivity contribution in [1.29, 1.82) is 0 Å². The van der Waals surface area contributed by atoms with Crippen molar-refractivity contribution in [3.05, 3.63) is 23.0 Å². The van der Waals surface area contributed by atoms with E-state index < -0.39 is 11.6 Å². The number of H-pyrrole nitrogens is 1. The van der Waals surface area contributed by atoms with Crippen LogP contribution in [0.2, 0.25) is 0 Å².